The fourth-order valence-corrected chi connectivity index (χ4v) is 7.68. The second-order valence-corrected chi connectivity index (χ2v) is 14.1. The van der Waals surface area contributed by atoms with Crippen molar-refractivity contribution in [3.63, 3.8) is 0 Å². The number of nitrogens with zero attached hydrogens (tertiary/aromatic N) is 5. The number of hydrogen-bond donors (Lipinski definition) is 0. The molecule has 4 heterocycles. The zero-order chi connectivity index (χ0) is 32.8. The van der Waals surface area contributed by atoms with Crippen LogP contribution in [0.3, 0.4) is 0 Å². The largest absolute Gasteiger partial charge is 4.00 e. The standard InChI is InChI=1S/C43H36N5.Pt/c1-42(2,3)31-24-32(26-34(25-31)47-23-21-45(5)29-47)43(30-12-7-6-8-13-30)37-16-11-15-36-35-14-9-10-17-39(35)48(41(36)37)40-19-18-33(27-38(40)43)46-22-20-44(4)28-46;/h6-25,28H,1-5H3;/q-3;+4. The van der Waals surface area contributed by atoms with Gasteiger partial charge in [-0.25, -0.2) is 0 Å². The third kappa shape index (κ3) is 4.66. The van der Waals surface area contributed by atoms with Crippen LogP contribution in [0.1, 0.15) is 48.6 Å². The molecule has 2 aliphatic rings. The van der Waals surface area contributed by atoms with Crippen molar-refractivity contribution in [1.82, 2.24) is 14.0 Å². The second-order valence-electron chi connectivity index (χ2n) is 14.1. The van der Waals surface area contributed by atoms with Crippen LogP contribution < -0.4 is 9.47 Å². The van der Waals surface area contributed by atoms with Crippen LogP contribution in [0, 0.1) is 25.1 Å². The third-order valence-corrected chi connectivity index (χ3v) is 9.97. The van der Waals surface area contributed by atoms with E-state index in [-0.39, 0.29) is 26.5 Å². The second kappa shape index (κ2) is 11.4. The molecule has 0 radical (unpaired) electrons. The number of fused-ring (bicyclic) bond motifs is 5. The van der Waals surface area contributed by atoms with Crippen molar-refractivity contribution in [3.05, 3.63) is 175 Å². The van der Waals surface area contributed by atoms with Gasteiger partial charge in [0.1, 0.15) is 0 Å². The molecule has 0 aliphatic carbocycles. The van der Waals surface area contributed by atoms with Crippen molar-refractivity contribution in [1.29, 1.82) is 0 Å². The molecule has 1 atom stereocenters. The van der Waals surface area contributed by atoms with Crippen LogP contribution in [-0.4, -0.2) is 21.1 Å². The molecule has 0 N–H and O–H groups in total. The number of aryl methyl sites for hydroxylation is 1. The Kier molecular flexibility index (Phi) is 7.28. The Labute approximate surface area is 302 Å². The zero-order valence-electron chi connectivity index (χ0n) is 28.2. The number of rotatable bonds is 4. The Morgan fingerprint density at radius 2 is 1.57 bits per heavy atom. The summed E-state index contributed by atoms with van der Waals surface area (Å²) in [5, 5.41) is 2.49. The summed E-state index contributed by atoms with van der Waals surface area (Å²) in [4.78, 5) is 4.21. The van der Waals surface area contributed by atoms with E-state index < -0.39 is 5.41 Å². The van der Waals surface area contributed by atoms with Gasteiger partial charge in [0.05, 0.1) is 7.05 Å². The van der Waals surface area contributed by atoms with Gasteiger partial charge in [-0.2, -0.15) is 42.1 Å². The molecule has 0 saturated carbocycles. The minimum absolute atomic E-state index is 0. The summed E-state index contributed by atoms with van der Waals surface area (Å²) in [6, 6.07) is 43.7. The van der Waals surface area contributed by atoms with E-state index in [1.807, 2.05) is 17.8 Å². The summed E-state index contributed by atoms with van der Waals surface area (Å²) in [5.41, 5.74) is 10.4. The van der Waals surface area contributed by atoms with E-state index in [2.05, 4.69) is 188 Å². The van der Waals surface area contributed by atoms with Crippen molar-refractivity contribution >= 4 is 27.5 Å². The predicted molar refractivity (Wildman–Crippen MR) is 192 cm³/mol. The van der Waals surface area contributed by atoms with Crippen LogP contribution in [0.5, 0.6) is 0 Å². The van der Waals surface area contributed by atoms with Crippen LogP contribution in [0.4, 0.5) is 5.69 Å². The summed E-state index contributed by atoms with van der Waals surface area (Å²) in [7, 11) is 4.06. The van der Waals surface area contributed by atoms with Crippen LogP contribution in [-0.2, 0) is 38.9 Å². The molecule has 0 fully saturated rings. The molecule has 0 spiro atoms. The number of imidazole rings is 1. The molecule has 7 aromatic rings. The third-order valence-electron chi connectivity index (χ3n) is 9.97. The predicted octanol–water partition coefficient (Wildman–Crippen LogP) is 8.13. The Morgan fingerprint density at radius 1 is 0.796 bits per heavy atom. The maximum absolute atomic E-state index is 4.03. The molecule has 0 saturated heterocycles. The molecule has 2 aromatic heterocycles. The molecular weight excluding hydrogens is 782 g/mol. The fourth-order valence-electron chi connectivity index (χ4n) is 7.68. The summed E-state index contributed by atoms with van der Waals surface area (Å²) in [5.74, 6) is 0. The van der Waals surface area contributed by atoms with Gasteiger partial charge >= 0.3 is 21.1 Å². The molecule has 0 amide bonds. The van der Waals surface area contributed by atoms with Crippen LogP contribution in [0.2, 0.25) is 0 Å². The van der Waals surface area contributed by atoms with Gasteiger partial charge in [-0.3, -0.25) is 0 Å². The van der Waals surface area contributed by atoms with E-state index in [0.717, 1.165) is 28.2 Å². The van der Waals surface area contributed by atoms with E-state index >= 15 is 0 Å². The Hall–Kier alpha value is -4.86. The molecule has 1 unspecified atom stereocenters. The summed E-state index contributed by atoms with van der Waals surface area (Å²) >= 11 is 0. The van der Waals surface area contributed by atoms with Gasteiger partial charge in [-0.1, -0.05) is 98.9 Å². The zero-order valence-corrected chi connectivity index (χ0v) is 30.4. The normalized spacial score (nSPS) is 16.8. The van der Waals surface area contributed by atoms with Gasteiger partial charge in [0.2, 0.25) is 6.33 Å². The van der Waals surface area contributed by atoms with Gasteiger partial charge in [0, 0.05) is 39.6 Å². The first-order valence-electron chi connectivity index (χ1n) is 16.5. The van der Waals surface area contributed by atoms with Gasteiger partial charge in [-0.15, -0.1) is 23.4 Å². The Morgan fingerprint density at radius 3 is 2.31 bits per heavy atom. The quantitative estimate of drug-likeness (QED) is 0.132. The maximum atomic E-state index is 4.03. The smallest absolute Gasteiger partial charge is 0.510 e. The Bertz CT molecular complexity index is 2410. The molecule has 242 valence electrons. The molecule has 49 heavy (non-hydrogen) atoms. The summed E-state index contributed by atoms with van der Waals surface area (Å²) in [6.07, 6.45) is 11.7. The van der Waals surface area contributed by atoms with E-state index in [4.69, 9.17) is 0 Å². The number of benzene rings is 5. The first kappa shape index (κ1) is 31.4. The fraction of sp³-hybridized carbons (Fsp3) is 0.163. The first-order valence-corrected chi connectivity index (χ1v) is 16.5. The molecule has 5 aromatic carbocycles. The monoisotopic (exact) mass is 817 g/mol. The van der Waals surface area contributed by atoms with E-state index in [1.54, 1.807) is 0 Å². The number of anilines is 1. The van der Waals surface area contributed by atoms with E-state index in [1.165, 1.54) is 38.5 Å². The van der Waals surface area contributed by atoms with Crippen molar-refractivity contribution in [3.8, 4) is 11.4 Å². The molecule has 0 bridgehead atoms. The first-order chi connectivity index (χ1) is 23.2. The van der Waals surface area contributed by atoms with Gasteiger partial charge in [0.15, 0.2) is 0 Å². The van der Waals surface area contributed by atoms with Crippen molar-refractivity contribution in [2.24, 2.45) is 7.05 Å². The SMILES string of the molecule is CN1C=CN(c2[c-]c3c(cc2)-n2c4ccccc4c4cccc(c42)C3(c2[c-]c(-n3[c-][n+](C)cc3)cc(C(C)(C)C)c2)c2ccccc2)[CH-]1.[Pt+4]. The van der Waals surface area contributed by atoms with Crippen molar-refractivity contribution in [2.75, 3.05) is 11.9 Å². The number of hydrogen-bond acceptors (Lipinski definition) is 2. The van der Waals surface area contributed by atoms with Crippen LogP contribution in [0.25, 0.3) is 33.2 Å². The summed E-state index contributed by atoms with van der Waals surface area (Å²) in [6.45, 7) is 8.95. The molecule has 5 nitrogen and oxygen atoms in total. The number of aromatic nitrogens is 3. The van der Waals surface area contributed by atoms with E-state index in [0.29, 0.717) is 0 Å². The average Bonchev–Trinajstić information content (AvgIpc) is 3.83. The van der Waals surface area contributed by atoms with Gasteiger partial charge in [0.25, 0.3) is 0 Å². The topological polar surface area (TPSA) is 20.2 Å². The minimum Gasteiger partial charge on any atom is -0.510 e. The van der Waals surface area contributed by atoms with Crippen LogP contribution >= 0.6 is 0 Å². The molecular formula is C43H36N5Pt+. The van der Waals surface area contributed by atoms with E-state index in [9.17, 15) is 0 Å². The average molecular weight is 818 g/mol. The minimum atomic E-state index is -0.739. The van der Waals surface area contributed by atoms with Gasteiger partial charge in [-0.05, 0) is 42.1 Å². The maximum Gasteiger partial charge on any atom is 4.00 e. The van der Waals surface area contributed by atoms with Gasteiger partial charge < -0.3 is 23.5 Å². The van der Waals surface area contributed by atoms with Crippen molar-refractivity contribution < 1.29 is 25.6 Å². The Balaban J connectivity index is 0.00000348. The number of para-hydroxylation sites is 2. The summed E-state index contributed by atoms with van der Waals surface area (Å²) < 4.78 is 6.47. The van der Waals surface area contributed by atoms with Crippen LogP contribution in [0.15, 0.2) is 122 Å². The molecule has 2 aliphatic heterocycles. The molecule has 9 rings (SSSR count). The van der Waals surface area contributed by atoms with Crippen molar-refractivity contribution in [2.45, 2.75) is 31.6 Å². The molecule has 6 heteroatoms.